The zero-order valence-corrected chi connectivity index (χ0v) is 13.4. The molecule has 4 aliphatic rings. The van der Waals surface area contributed by atoms with Gasteiger partial charge in [0.15, 0.2) is 0 Å². The molecule has 1 aromatic rings. The van der Waals surface area contributed by atoms with Crippen LogP contribution in [0.3, 0.4) is 0 Å². The maximum Gasteiger partial charge on any atom is 0.224 e. The molecule has 0 amide bonds. The van der Waals surface area contributed by atoms with Gasteiger partial charge in [0.05, 0.1) is 4.47 Å². The second-order valence-corrected chi connectivity index (χ2v) is 7.78. The Morgan fingerprint density at radius 3 is 2.40 bits per heavy atom. The van der Waals surface area contributed by atoms with E-state index in [1.54, 1.807) is 6.20 Å². The summed E-state index contributed by atoms with van der Waals surface area (Å²) in [5.41, 5.74) is -0.840. The summed E-state index contributed by atoms with van der Waals surface area (Å²) in [7, 11) is 0. The van der Waals surface area contributed by atoms with E-state index in [1.165, 1.54) is 6.42 Å². The summed E-state index contributed by atoms with van der Waals surface area (Å²) in [6.45, 7) is 0. The zero-order valence-electron chi connectivity index (χ0n) is 11.0. The van der Waals surface area contributed by atoms with E-state index in [-0.39, 0.29) is 5.28 Å². The van der Waals surface area contributed by atoms with Crippen LogP contribution in [0.15, 0.2) is 10.7 Å². The first-order valence-electron chi connectivity index (χ1n) is 7.23. The average molecular weight is 359 g/mol. The van der Waals surface area contributed by atoms with Gasteiger partial charge in [0, 0.05) is 18.0 Å². The number of halogens is 2. The number of anilines is 1. The highest BCUT2D eigenvalue weighted by Crippen LogP contribution is 2.58. The van der Waals surface area contributed by atoms with Crippen molar-refractivity contribution >= 4 is 33.3 Å². The molecule has 0 aromatic carbocycles. The van der Waals surface area contributed by atoms with Gasteiger partial charge in [0.1, 0.15) is 11.5 Å². The van der Waals surface area contributed by atoms with Crippen molar-refractivity contribution in [3.8, 4) is 0 Å². The van der Waals surface area contributed by atoms with Crippen molar-refractivity contribution in [2.75, 3.05) is 5.32 Å². The van der Waals surface area contributed by atoms with Crippen LogP contribution in [0.5, 0.6) is 0 Å². The van der Waals surface area contributed by atoms with Crippen molar-refractivity contribution in [3.05, 3.63) is 16.0 Å². The molecular weight excluding hydrogens is 342 g/mol. The van der Waals surface area contributed by atoms with Crippen LogP contribution >= 0.6 is 27.5 Å². The van der Waals surface area contributed by atoms with Crippen LogP contribution in [0.25, 0.3) is 0 Å². The average Bonchev–Trinajstić information content (AvgIpc) is 2.40. The first kappa shape index (κ1) is 13.3. The molecule has 4 fully saturated rings. The molecule has 2 N–H and O–H groups in total. The molecule has 6 heteroatoms. The van der Waals surface area contributed by atoms with Crippen molar-refractivity contribution in [1.82, 2.24) is 9.97 Å². The number of aromatic nitrogens is 2. The predicted octanol–water partition coefficient (Wildman–Crippen LogP) is 3.45. The Bertz CT molecular complexity index is 525. The van der Waals surface area contributed by atoms with Crippen molar-refractivity contribution < 1.29 is 5.11 Å². The smallest absolute Gasteiger partial charge is 0.224 e. The van der Waals surface area contributed by atoms with Gasteiger partial charge >= 0.3 is 0 Å². The predicted molar refractivity (Wildman–Crippen MR) is 80.4 cm³/mol. The summed E-state index contributed by atoms with van der Waals surface area (Å²) < 4.78 is 0.740. The molecule has 5 rings (SSSR count). The van der Waals surface area contributed by atoms with E-state index in [9.17, 15) is 5.11 Å². The third kappa shape index (κ3) is 1.97. The fraction of sp³-hybridized carbons (Fsp3) is 0.714. The zero-order chi connectivity index (χ0) is 13.9. The van der Waals surface area contributed by atoms with E-state index < -0.39 is 5.72 Å². The van der Waals surface area contributed by atoms with E-state index in [4.69, 9.17) is 11.6 Å². The summed E-state index contributed by atoms with van der Waals surface area (Å²) in [6.07, 6.45) is 7.52. The fourth-order valence-electron chi connectivity index (χ4n) is 4.73. The molecule has 4 saturated carbocycles. The van der Waals surface area contributed by atoms with Crippen LogP contribution in [0.1, 0.15) is 32.1 Å². The molecule has 0 saturated heterocycles. The minimum absolute atomic E-state index is 0.197. The molecule has 1 aromatic heterocycles. The molecule has 0 unspecified atom stereocenters. The van der Waals surface area contributed by atoms with Crippen molar-refractivity contribution in [2.24, 2.45) is 23.7 Å². The first-order chi connectivity index (χ1) is 9.54. The third-order valence-electron chi connectivity index (χ3n) is 5.42. The number of rotatable bonds is 2. The highest BCUT2D eigenvalue weighted by Gasteiger charge is 2.56. The van der Waals surface area contributed by atoms with Crippen LogP contribution < -0.4 is 5.32 Å². The van der Waals surface area contributed by atoms with Gasteiger partial charge in [-0.25, -0.2) is 4.98 Å². The number of hydrogen-bond donors (Lipinski definition) is 2. The second-order valence-electron chi connectivity index (χ2n) is 6.59. The van der Waals surface area contributed by atoms with Gasteiger partial charge < -0.3 is 10.4 Å². The van der Waals surface area contributed by atoms with Gasteiger partial charge in [-0.15, -0.1) is 0 Å². The maximum atomic E-state index is 11.2. The summed E-state index contributed by atoms with van der Waals surface area (Å²) in [6, 6.07) is 0. The topological polar surface area (TPSA) is 58.0 Å². The number of hydrogen-bond acceptors (Lipinski definition) is 4. The lowest BCUT2D eigenvalue weighted by molar-refractivity contribution is -0.155. The van der Waals surface area contributed by atoms with Crippen LogP contribution in [-0.2, 0) is 0 Å². The molecule has 108 valence electrons. The summed E-state index contributed by atoms with van der Waals surface area (Å²) in [5, 5.41) is 14.7. The molecule has 4 aliphatic carbocycles. The Morgan fingerprint density at radius 2 is 1.80 bits per heavy atom. The lowest BCUT2D eigenvalue weighted by Gasteiger charge is -2.58. The minimum atomic E-state index is -0.840. The number of nitrogens with zero attached hydrogens (tertiary/aromatic N) is 2. The van der Waals surface area contributed by atoms with Crippen molar-refractivity contribution in [2.45, 2.75) is 37.8 Å². The van der Waals surface area contributed by atoms with Gasteiger partial charge in [-0.05, 0) is 71.5 Å². The van der Waals surface area contributed by atoms with E-state index >= 15 is 0 Å². The summed E-state index contributed by atoms with van der Waals surface area (Å²) >= 11 is 9.29. The Balaban J connectivity index is 1.66. The lowest BCUT2D eigenvalue weighted by atomic mass is 9.52. The van der Waals surface area contributed by atoms with E-state index in [0.29, 0.717) is 17.7 Å². The van der Waals surface area contributed by atoms with Gasteiger partial charge in [0.2, 0.25) is 5.28 Å². The quantitative estimate of drug-likeness (QED) is 0.628. The van der Waals surface area contributed by atoms with Gasteiger partial charge in [-0.2, -0.15) is 4.98 Å². The Hall–Kier alpha value is -0.390. The molecular formula is C14H17BrClN3O. The number of nitrogens with one attached hydrogen (secondary N) is 1. The number of aliphatic hydroxyl groups is 1. The van der Waals surface area contributed by atoms with Gasteiger partial charge in [-0.1, -0.05) is 0 Å². The van der Waals surface area contributed by atoms with E-state index in [2.05, 4.69) is 31.2 Å². The summed E-state index contributed by atoms with van der Waals surface area (Å²) in [5.74, 6) is 2.90. The molecule has 20 heavy (non-hydrogen) atoms. The molecule has 1 heterocycles. The normalized spacial score (nSPS) is 42.0. The molecule has 4 bridgehead atoms. The third-order valence-corrected chi connectivity index (χ3v) is 6.18. The highest BCUT2D eigenvalue weighted by atomic mass is 79.9. The van der Waals surface area contributed by atoms with Crippen LogP contribution in [0, 0.1) is 23.7 Å². The standard InChI is InChI=1S/C14H17BrClN3O/c15-11-6-17-13(16)18-12(11)19-14(20)9-2-7-1-8(4-9)5-10(14)3-7/h6-10,20H,1-5H2,(H,17,18,19). The second kappa shape index (κ2) is 4.55. The van der Waals surface area contributed by atoms with Crippen LogP contribution in [0.4, 0.5) is 5.82 Å². The highest BCUT2D eigenvalue weighted by molar-refractivity contribution is 9.10. The SMILES string of the molecule is OC1(Nc2nc(Cl)ncc2Br)C2CC3CC(C2)CC1C3. The Labute approximate surface area is 131 Å². The molecule has 0 spiro atoms. The van der Waals surface area contributed by atoms with Gasteiger partial charge in [0.25, 0.3) is 0 Å². The lowest BCUT2D eigenvalue weighted by Crippen LogP contribution is -2.61. The molecule has 0 radical (unpaired) electrons. The summed E-state index contributed by atoms with van der Waals surface area (Å²) in [4.78, 5) is 8.14. The van der Waals surface area contributed by atoms with Crippen LogP contribution in [0.2, 0.25) is 5.28 Å². The van der Waals surface area contributed by atoms with Crippen molar-refractivity contribution in [3.63, 3.8) is 0 Å². The van der Waals surface area contributed by atoms with Crippen LogP contribution in [-0.4, -0.2) is 20.8 Å². The van der Waals surface area contributed by atoms with Gasteiger partial charge in [-0.3, -0.25) is 0 Å². The largest absolute Gasteiger partial charge is 0.370 e. The molecule has 0 aliphatic heterocycles. The Morgan fingerprint density at radius 1 is 1.20 bits per heavy atom. The maximum absolute atomic E-state index is 11.2. The van der Waals surface area contributed by atoms with E-state index in [1.807, 2.05) is 0 Å². The fourth-order valence-corrected chi connectivity index (χ4v) is 5.15. The monoisotopic (exact) mass is 357 g/mol. The minimum Gasteiger partial charge on any atom is -0.370 e. The first-order valence-corrected chi connectivity index (χ1v) is 8.40. The molecule has 4 nitrogen and oxygen atoms in total. The molecule has 0 atom stereocenters. The Kier molecular flexibility index (Phi) is 3.02. The van der Waals surface area contributed by atoms with Crippen molar-refractivity contribution in [1.29, 1.82) is 0 Å². The van der Waals surface area contributed by atoms with E-state index in [0.717, 1.165) is 42.0 Å².